The maximum Gasteiger partial charge on any atom is 0.357 e. The van der Waals surface area contributed by atoms with Crippen LogP contribution in [0.2, 0.25) is 0 Å². The first-order valence-corrected chi connectivity index (χ1v) is 4.87. The number of fused-ring (bicyclic) bond motifs is 1. The number of aromatic carboxylic acids is 1. The van der Waals surface area contributed by atoms with Gasteiger partial charge in [-0.3, -0.25) is 4.57 Å². The monoisotopic (exact) mass is 229 g/mol. The van der Waals surface area contributed by atoms with E-state index in [2.05, 4.69) is 9.97 Å². The van der Waals surface area contributed by atoms with Gasteiger partial charge < -0.3 is 9.52 Å². The number of carboxylic acid groups (broad SMARTS) is 1. The summed E-state index contributed by atoms with van der Waals surface area (Å²) >= 11 is 0. The minimum Gasteiger partial charge on any atom is -0.476 e. The van der Waals surface area contributed by atoms with Crippen molar-refractivity contribution < 1.29 is 14.3 Å². The molecule has 17 heavy (non-hydrogen) atoms. The van der Waals surface area contributed by atoms with Gasteiger partial charge in [0, 0.05) is 0 Å². The van der Waals surface area contributed by atoms with E-state index in [0.29, 0.717) is 0 Å². The number of rotatable bonds is 2. The predicted octanol–water partition coefficient (Wildman–Crippen LogP) is 1.71. The van der Waals surface area contributed by atoms with Crippen molar-refractivity contribution in [3.63, 3.8) is 0 Å². The van der Waals surface area contributed by atoms with Crippen LogP contribution >= 0.6 is 0 Å². The molecule has 2 aromatic heterocycles. The number of aromatic nitrogens is 3. The van der Waals surface area contributed by atoms with E-state index < -0.39 is 5.97 Å². The Morgan fingerprint density at radius 1 is 1.35 bits per heavy atom. The van der Waals surface area contributed by atoms with Gasteiger partial charge in [-0.05, 0) is 12.1 Å². The molecule has 3 rings (SSSR count). The molecule has 0 aliphatic heterocycles. The SMILES string of the molecule is O=C(O)c1coc(-n2cnc3ccccc32)n1. The minimum absolute atomic E-state index is 0.127. The van der Waals surface area contributed by atoms with Crippen LogP contribution in [0, 0.1) is 0 Å². The van der Waals surface area contributed by atoms with E-state index in [0.717, 1.165) is 17.3 Å². The Morgan fingerprint density at radius 3 is 2.94 bits per heavy atom. The fourth-order valence-electron chi connectivity index (χ4n) is 1.58. The quantitative estimate of drug-likeness (QED) is 0.723. The highest BCUT2D eigenvalue weighted by atomic mass is 16.4. The second-order valence-corrected chi connectivity index (χ2v) is 3.42. The number of carboxylic acids is 1. The molecule has 6 heteroatoms. The molecule has 2 heterocycles. The zero-order valence-electron chi connectivity index (χ0n) is 8.57. The highest BCUT2D eigenvalue weighted by Crippen LogP contribution is 2.17. The van der Waals surface area contributed by atoms with Gasteiger partial charge in [0.2, 0.25) is 0 Å². The molecule has 0 unspecified atom stereocenters. The van der Waals surface area contributed by atoms with Crippen molar-refractivity contribution in [2.45, 2.75) is 0 Å². The Hall–Kier alpha value is -2.63. The number of carbonyl (C=O) groups is 1. The van der Waals surface area contributed by atoms with Crippen LogP contribution in [0.5, 0.6) is 0 Å². The van der Waals surface area contributed by atoms with Crippen LogP contribution < -0.4 is 0 Å². The van der Waals surface area contributed by atoms with Crippen molar-refractivity contribution >= 4 is 17.0 Å². The zero-order chi connectivity index (χ0) is 11.8. The Kier molecular flexibility index (Phi) is 1.94. The van der Waals surface area contributed by atoms with Crippen LogP contribution in [0.1, 0.15) is 10.5 Å². The van der Waals surface area contributed by atoms with Crippen LogP contribution in [-0.2, 0) is 0 Å². The molecule has 0 saturated heterocycles. The predicted molar refractivity (Wildman–Crippen MR) is 58.1 cm³/mol. The van der Waals surface area contributed by atoms with E-state index in [1.165, 1.54) is 0 Å². The lowest BCUT2D eigenvalue weighted by molar-refractivity contribution is 0.0690. The summed E-state index contributed by atoms with van der Waals surface area (Å²) in [6.45, 7) is 0. The Labute approximate surface area is 95.1 Å². The maximum atomic E-state index is 10.7. The largest absolute Gasteiger partial charge is 0.476 e. The molecule has 6 nitrogen and oxygen atoms in total. The fraction of sp³-hybridized carbons (Fsp3) is 0. The lowest BCUT2D eigenvalue weighted by Crippen LogP contribution is -1.98. The molecule has 0 radical (unpaired) electrons. The number of hydrogen-bond acceptors (Lipinski definition) is 4. The topological polar surface area (TPSA) is 81.1 Å². The smallest absolute Gasteiger partial charge is 0.357 e. The van der Waals surface area contributed by atoms with Gasteiger partial charge in [-0.1, -0.05) is 12.1 Å². The molecule has 0 amide bonds. The van der Waals surface area contributed by atoms with E-state index in [9.17, 15) is 4.79 Å². The Morgan fingerprint density at radius 2 is 2.18 bits per heavy atom. The van der Waals surface area contributed by atoms with Crippen molar-refractivity contribution in [1.29, 1.82) is 0 Å². The molecular formula is C11H7N3O3. The van der Waals surface area contributed by atoms with Crippen molar-refractivity contribution in [3.05, 3.63) is 42.5 Å². The maximum absolute atomic E-state index is 10.7. The fourth-order valence-corrected chi connectivity index (χ4v) is 1.58. The van der Waals surface area contributed by atoms with Gasteiger partial charge in [0.15, 0.2) is 5.69 Å². The first kappa shape index (κ1) is 9.59. The standard InChI is InChI=1S/C11H7N3O3/c15-10(16)8-5-17-11(13-8)14-6-12-7-3-1-2-4-9(7)14/h1-6H,(H,15,16). The summed E-state index contributed by atoms with van der Waals surface area (Å²) in [5.41, 5.74) is 1.48. The molecule has 0 aliphatic rings. The first-order valence-electron chi connectivity index (χ1n) is 4.87. The molecule has 0 saturated carbocycles. The Balaban J connectivity index is 2.17. The molecule has 84 valence electrons. The van der Waals surface area contributed by atoms with Gasteiger partial charge in [0.25, 0.3) is 0 Å². The molecule has 0 atom stereocenters. The molecule has 0 aliphatic carbocycles. The molecule has 1 N–H and O–H groups in total. The summed E-state index contributed by atoms with van der Waals surface area (Å²) in [6.07, 6.45) is 2.65. The summed E-state index contributed by atoms with van der Waals surface area (Å²) < 4.78 is 6.71. The van der Waals surface area contributed by atoms with Gasteiger partial charge in [0.05, 0.1) is 11.0 Å². The summed E-state index contributed by atoms with van der Waals surface area (Å²) in [7, 11) is 0. The van der Waals surface area contributed by atoms with Crippen LogP contribution in [0.25, 0.3) is 17.0 Å². The van der Waals surface area contributed by atoms with Crippen LogP contribution in [0.4, 0.5) is 0 Å². The van der Waals surface area contributed by atoms with Crippen molar-refractivity contribution in [1.82, 2.24) is 14.5 Å². The van der Waals surface area contributed by atoms with E-state index in [-0.39, 0.29) is 11.7 Å². The first-order chi connectivity index (χ1) is 8.25. The van der Waals surface area contributed by atoms with E-state index >= 15 is 0 Å². The average molecular weight is 229 g/mol. The molecule has 3 aromatic rings. The number of imidazole rings is 1. The molecule has 0 fully saturated rings. The highest BCUT2D eigenvalue weighted by Gasteiger charge is 2.13. The van der Waals surface area contributed by atoms with E-state index in [4.69, 9.17) is 9.52 Å². The molecule has 0 bridgehead atoms. The summed E-state index contributed by atoms with van der Waals surface area (Å²) in [5.74, 6) is -1.12. The van der Waals surface area contributed by atoms with Gasteiger partial charge in [-0.2, -0.15) is 4.98 Å². The number of oxazole rings is 1. The number of hydrogen-bond donors (Lipinski definition) is 1. The van der Waals surface area contributed by atoms with Crippen LogP contribution in [0.3, 0.4) is 0 Å². The highest BCUT2D eigenvalue weighted by molar-refractivity contribution is 5.85. The van der Waals surface area contributed by atoms with Crippen LogP contribution in [-0.4, -0.2) is 25.6 Å². The summed E-state index contributed by atoms with van der Waals surface area (Å²) in [5, 5.41) is 8.76. The second-order valence-electron chi connectivity index (χ2n) is 3.42. The normalized spacial score (nSPS) is 10.8. The average Bonchev–Trinajstić information content (AvgIpc) is 2.95. The summed E-state index contributed by atoms with van der Waals surface area (Å²) in [4.78, 5) is 18.7. The van der Waals surface area contributed by atoms with Crippen molar-refractivity contribution in [2.75, 3.05) is 0 Å². The zero-order valence-corrected chi connectivity index (χ0v) is 8.57. The van der Waals surface area contributed by atoms with Gasteiger partial charge in [-0.25, -0.2) is 9.78 Å². The lowest BCUT2D eigenvalue weighted by Gasteiger charge is -1.95. The number of nitrogens with zero attached hydrogens (tertiary/aromatic N) is 3. The van der Waals surface area contributed by atoms with Crippen LogP contribution in [0.15, 0.2) is 41.3 Å². The van der Waals surface area contributed by atoms with Gasteiger partial charge in [-0.15, -0.1) is 0 Å². The molecular weight excluding hydrogens is 222 g/mol. The van der Waals surface area contributed by atoms with E-state index in [1.54, 1.807) is 10.9 Å². The minimum atomic E-state index is -1.12. The Bertz CT molecular complexity index is 699. The number of para-hydroxylation sites is 2. The summed E-state index contributed by atoms with van der Waals surface area (Å²) in [6, 6.07) is 7.63. The van der Waals surface area contributed by atoms with Crippen molar-refractivity contribution in [3.8, 4) is 6.01 Å². The third-order valence-electron chi connectivity index (χ3n) is 2.37. The van der Waals surface area contributed by atoms with Gasteiger partial charge >= 0.3 is 12.0 Å². The molecule has 1 aromatic carbocycles. The third-order valence-corrected chi connectivity index (χ3v) is 2.37. The lowest BCUT2D eigenvalue weighted by atomic mass is 10.3. The van der Waals surface area contributed by atoms with Crippen molar-refractivity contribution in [2.24, 2.45) is 0 Å². The third kappa shape index (κ3) is 1.46. The van der Waals surface area contributed by atoms with Gasteiger partial charge in [0.1, 0.15) is 12.6 Å². The number of benzene rings is 1. The van der Waals surface area contributed by atoms with E-state index in [1.807, 2.05) is 24.3 Å². The molecule has 0 spiro atoms. The second kappa shape index (κ2) is 3.44.